The Morgan fingerprint density at radius 2 is 1.92 bits per heavy atom. The topological polar surface area (TPSA) is 107 Å². The Labute approximate surface area is 222 Å². The second-order valence-electron chi connectivity index (χ2n) is 9.69. The number of carbonyl (C=O) groups is 2. The van der Waals surface area contributed by atoms with Gasteiger partial charge in [-0.2, -0.15) is 4.39 Å². The van der Waals surface area contributed by atoms with Gasteiger partial charge < -0.3 is 20.6 Å². The van der Waals surface area contributed by atoms with E-state index in [9.17, 15) is 14.7 Å². The molecule has 1 unspecified atom stereocenters. The van der Waals surface area contributed by atoms with Gasteiger partial charge in [-0.1, -0.05) is 55.5 Å². The van der Waals surface area contributed by atoms with E-state index in [2.05, 4.69) is 20.6 Å². The quantitative estimate of drug-likeness (QED) is 0.363. The van der Waals surface area contributed by atoms with E-state index in [-0.39, 0.29) is 30.5 Å². The monoisotopic (exact) mass is 519 g/mol. The van der Waals surface area contributed by atoms with E-state index in [0.29, 0.717) is 25.9 Å². The molecule has 0 aliphatic carbocycles. The number of halogens is 1. The number of amides is 1. The molecule has 1 aliphatic rings. The molecule has 0 radical (unpaired) electrons. The van der Waals surface area contributed by atoms with Crippen molar-refractivity contribution in [2.45, 2.75) is 45.6 Å². The summed E-state index contributed by atoms with van der Waals surface area (Å²) >= 11 is 0. The molecule has 1 amide bonds. The van der Waals surface area contributed by atoms with Crippen LogP contribution in [0.25, 0.3) is 11.1 Å². The number of rotatable bonds is 10. The SMILES string of the molecule is CCCNc1ncnc(N2CCCC(C(=O)N[C@@H](Cc3ccc(-c4ccccc4C)cc3)C(=O)O)C2)c1F. The number of nitrogens with one attached hydrogen (secondary N) is 2. The van der Waals surface area contributed by atoms with E-state index >= 15 is 4.39 Å². The van der Waals surface area contributed by atoms with Gasteiger partial charge in [0.25, 0.3) is 0 Å². The summed E-state index contributed by atoms with van der Waals surface area (Å²) in [7, 11) is 0. The molecular weight excluding hydrogens is 485 g/mol. The fraction of sp³-hybridized carbons (Fsp3) is 0.379. The number of carboxylic acid groups (broad SMARTS) is 1. The molecule has 8 nitrogen and oxygen atoms in total. The maximum absolute atomic E-state index is 15.0. The lowest BCUT2D eigenvalue weighted by Gasteiger charge is -2.33. The number of benzene rings is 2. The molecule has 0 saturated carbocycles. The van der Waals surface area contributed by atoms with Gasteiger partial charge in [0, 0.05) is 26.1 Å². The van der Waals surface area contributed by atoms with E-state index in [0.717, 1.165) is 28.7 Å². The van der Waals surface area contributed by atoms with Crippen LogP contribution in [0.5, 0.6) is 0 Å². The van der Waals surface area contributed by atoms with Gasteiger partial charge in [-0.15, -0.1) is 0 Å². The first-order chi connectivity index (χ1) is 18.4. The van der Waals surface area contributed by atoms with Crippen molar-refractivity contribution in [2.24, 2.45) is 5.92 Å². The van der Waals surface area contributed by atoms with Crippen LogP contribution in [-0.2, 0) is 16.0 Å². The summed E-state index contributed by atoms with van der Waals surface area (Å²) in [6.07, 6.45) is 3.56. The van der Waals surface area contributed by atoms with Crippen LogP contribution >= 0.6 is 0 Å². The van der Waals surface area contributed by atoms with Crippen LogP contribution in [0, 0.1) is 18.7 Å². The molecule has 0 spiro atoms. The number of piperidine rings is 1. The molecule has 4 rings (SSSR count). The van der Waals surface area contributed by atoms with Gasteiger partial charge in [0.1, 0.15) is 12.4 Å². The highest BCUT2D eigenvalue weighted by Gasteiger charge is 2.31. The van der Waals surface area contributed by atoms with Gasteiger partial charge >= 0.3 is 5.97 Å². The minimum absolute atomic E-state index is 0.141. The minimum atomic E-state index is -1.09. The summed E-state index contributed by atoms with van der Waals surface area (Å²) in [4.78, 5) is 35.0. The Balaban J connectivity index is 1.41. The van der Waals surface area contributed by atoms with Crippen LogP contribution in [0.1, 0.15) is 37.3 Å². The average molecular weight is 520 g/mol. The van der Waals surface area contributed by atoms with Gasteiger partial charge in [0.05, 0.1) is 5.92 Å². The zero-order valence-electron chi connectivity index (χ0n) is 21.8. The second kappa shape index (κ2) is 12.5. The van der Waals surface area contributed by atoms with E-state index < -0.39 is 23.7 Å². The number of anilines is 2. The van der Waals surface area contributed by atoms with Crippen molar-refractivity contribution >= 4 is 23.5 Å². The van der Waals surface area contributed by atoms with Crippen LogP contribution in [0.4, 0.5) is 16.0 Å². The molecule has 3 aromatic rings. The summed E-state index contributed by atoms with van der Waals surface area (Å²) in [5, 5.41) is 15.5. The first-order valence-corrected chi connectivity index (χ1v) is 13.0. The fourth-order valence-corrected chi connectivity index (χ4v) is 4.77. The third kappa shape index (κ3) is 6.45. The third-order valence-corrected chi connectivity index (χ3v) is 6.87. The highest BCUT2D eigenvalue weighted by Crippen LogP contribution is 2.27. The predicted octanol–water partition coefficient (Wildman–Crippen LogP) is 4.44. The predicted molar refractivity (Wildman–Crippen MR) is 146 cm³/mol. The molecule has 200 valence electrons. The lowest BCUT2D eigenvalue weighted by molar-refractivity contribution is -0.142. The van der Waals surface area contributed by atoms with Crippen LogP contribution < -0.4 is 15.5 Å². The molecule has 2 atom stereocenters. The lowest BCUT2D eigenvalue weighted by Crippen LogP contribution is -2.49. The van der Waals surface area contributed by atoms with Gasteiger partial charge in [-0.05, 0) is 48.4 Å². The van der Waals surface area contributed by atoms with Crippen molar-refractivity contribution in [2.75, 3.05) is 29.9 Å². The van der Waals surface area contributed by atoms with Gasteiger partial charge in [-0.3, -0.25) is 4.79 Å². The number of nitrogens with zero attached hydrogens (tertiary/aromatic N) is 3. The van der Waals surface area contributed by atoms with Crippen molar-refractivity contribution in [3.63, 3.8) is 0 Å². The van der Waals surface area contributed by atoms with Crippen LogP contribution in [0.2, 0.25) is 0 Å². The van der Waals surface area contributed by atoms with Crippen molar-refractivity contribution in [3.8, 4) is 11.1 Å². The van der Waals surface area contributed by atoms with E-state index in [1.807, 2.05) is 62.4 Å². The summed E-state index contributed by atoms with van der Waals surface area (Å²) in [6.45, 7) is 5.42. The smallest absolute Gasteiger partial charge is 0.326 e. The highest BCUT2D eigenvalue weighted by molar-refractivity contribution is 5.85. The maximum Gasteiger partial charge on any atom is 0.326 e. The molecule has 0 bridgehead atoms. The minimum Gasteiger partial charge on any atom is -0.480 e. The Hall–Kier alpha value is -4.01. The van der Waals surface area contributed by atoms with Crippen molar-refractivity contribution in [1.29, 1.82) is 0 Å². The molecule has 1 saturated heterocycles. The molecule has 2 aromatic carbocycles. The third-order valence-electron chi connectivity index (χ3n) is 6.87. The average Bonchev–Trinajstić information content (AvgIpc) is 2.93. The number of aromatic nitrogens is 2. The van der Waals surface area contributed by atoms with E-state index in [1.165, 1.54) is 6.33 Å². The zero-order chi connectivity index (χ0) is 27.1. The van der Waals surface area contributed by atoms with E-state index in [4.69, 9.17) is 0 Å². The van der Waals surface area contributed by atoms with Crippen LogP contribution in [0.15, 0.2) is 54.9 Å². The van der Waals surface area contributed by atoms with Gasteiger partial charge in [0.15, 0.2) is 11.6 Å². The molecule has 1 fully saturated rings. The fourth-order valence-electron chi connectivity index (χ4n) is 4.77. The van der Waals surface area contributed by atoms with Gasteiger partial charge in [0.2, 0.25) is 11.7 Å². The lowest BCUT2D eigenvalue weighted by atomic mass is 9.95. The summed E-state index contributed by atoms with van der Waals surface area (Å²) in [6, 6.07) is 14.7. The molecule has 2 heterocycles. The Kier molecular flexibility index (Phi) is 8.89. The van der Waals surface area contributed by atoms with Crippen LogP contribution in [-0.4, -0.2) is 52.6 Å². The van der Waals surface area contributed by atoms with Gasteiger partial charge in [-0.25, -0.2) is 14.8 Å². The first-order valence-electron chi connectivity index (χ1n) is 13.0. The number of carboxylic acids is 1. The Morgan fingerprint density at radius 3 is 2.63 bits per heavy atom. The first kappa shape index (κ1) is 27.0. The number of carbonyl (C=O) groups excluding carboxylic acids is 1. The summed E-state index contributed by atoms with van der Waals surface area (Å²) in [5.41, 5.74) is 4.15. The van der Waals surface area contributed by atoms with Crippen molar-refractivity contribution < 1.29 is 19.1 Å². The zero-order valence-corrected chi connectivity index (χ0v) is 21.8. The number of aliphatic carboxylic acids is 1. The highest BCUT2D eigenvalue weighted by atomic mass is 19.1. The molecule has 38 heavy (non-hydrogen) atoms. The van der Waals surface area contributed by atoms with Crippen LogP contribution in [0.3, 0.4) is 0 Å². The Bertz CT molecular complexity index is 1270. The Morgan fingerprint density at radius 1 is 1.16 bits per heavy atom. The molecule has 1 aliphatic heterocycles. The summed E-state index contributed by atoms with van der Waals surface area (Å²) < 4.78 is 15.0. The molecule has 1 aromatic heterocycles. The van der Waals surface area contributed by atoms with Crippen molar-refractivity contribution in [3.05, 3.63) is 71.8 Å². The second-order valence-corrected chi connectivity index (χ2v) is 9.69. The van der Waals surface area contributed by atoms with Crippen molar-refractivity contribution in [1.82, 2.24) is 15.3 Å². The summed E-state index contributed by atoms with van der Waals surface area (Å²) in [5.74, 6) is -2.17. The largest absolute Gasteiger partial charge is 0.480 e. The standard InChI is InChI=1S/C29H34FN5O3/c1-3-14-31-26-25(30)27(33-18-32-26)35-15-6-8-22(17-35)28(36)34-24(29(37)38)16-20-10-12-21(13-11-20)23-9-5-4-7-19(23)2/h4-5,7,9-13,18,22,24H,3,6,8,14-17H2,1-2H3,(H,34,36)(H,37,38)(H,31,32,33)/t22?,24-/m0/s1. The number of aryl methyl sites for hydroxylation is 1. The number of hydrogen-bond acceptors (Lipinski definition) is 6. The molecular formula is C29H34FN5O3. The molecule has 9 heteroatoms. The van der Waals surface area contributed by atoms with E-state index in [1.54, 1.807) is 4.90 Å². The maximum atomic E-state index is 15.0. The number of hydrogen-bond donors (Lipinski definition) is 3. The molecule has 3 N–H and O–H groups in total. The normalized spacial score (nSPS) is 16.1.